The van der Waals surface area contributed by atoms with Crippen molar-refractivity contribution in [2.24, 2.45) is 0 Å². The van der Waals surface area contributed by atoms with Crippen molar-refractivity contribution >= 4 is 11.6 Å². The first-order valence-corrected chi connectivity index (χ1v) is 5.75. The zero-order valence-corrected chi connectivity index (χ0v) is 10.7. The van der Waals surface area contributed by atoms with Crippen LogP contribution in [0.1, 0.15) is 17.0 Å². The maximum atomic E-state index is 11.9. The maximum absolute atomic E-state index is 11.9. The molecule has 1 heterocycles. The van der Waals surface area contributed by atoms with Crippen LogP contribution in [-0.4, -0.2) is 20.7 Å². The number of anilines is 1. The van der Waals surface area contributed by atoms with Crippen molar-refractivity contribution in [2.75, 3.05) is 5.32 Å². The van der Waals surface area contributed by atoms with Crippen LogP contribution >= 0.6 is 0 Å². The predicted octanol–water partition coefficient (Wildman–Crippen LogP) is 1.41. The highest BCUT2D eigenvalue weighted by Gasteiger charge is 2.09. The molecule has 2 rings (SSSR count). The number of nitrogens with zero attached hydrogens (tertiary/aromatic N) is 4. The number of amides is 1. The quantitative estimate of drug-likeness (QED) is 0.898. The molecule has 1 aromatic heterocycles. The van der Waals surface area contributed by atoms with Gasteiger partial charge in [0.15, 0.2) is 0 Å². The minimum Gasteiger partial charge on any atom is -0.324 e. The van der Waals surface area contributed by atoms with Crippen LogP contribution in [0, 0.1) is 25.2 Å². The highest BCUT2D eigenvalue weighted by atomic mass is 16.1. The van der Waals surface area contributed by atoms with Crippen molar-refractivity contribution in [3.63, 3.8) is 0 Å². The van der Waals surface area contributed by atoms with Crippen molar-refractivity contribution in [1.29, 1.82) is 5.26 Å². The summed E-state index contributed by atoms with van der Waals surface area (Å²) in [5.74, 6) is -0.0962. The van der Waals surface area contributed by atoms with E-state index in [1.165, 1.54) is 10.9 Å². The Labute approximate surface area is 110 Å². The van der Waals surface area contributed by atoms with Gasteiger partial charge in [0.2, 0.25) is 11.7 Å². The summed E-state index contributed by atoms with van der Waals surface area (Å²) in [6, 6.07) is 7.72. The van der Waals surface area contributed by atoms with Gasteiger partial charge in [0, 0.05) is 5.69 Å². The van der Waals surface area contributed by atoms with Gasteiger partial charge in [-0.05, 0) is 31.0 Å². The Hall–Kier alpha value is -2.68. The molecule has 6 heteroatoms. The maximum Gasteiger partial charge on any atom is 0.244 e. The van der Waals surface area contributed by atoms with Gasteiger partial charge in [-0.15, -0.1) is 10.2 Å². The van der Waals surface area contributed by atoms with Gasteiger partial charge < -0.3 is 5.32 Å². The van der Waals surface area contributed by atoms with Gasteiger partial charge in [0.1, 0.15) is 18.9 Å². The van der Waals surface area contributed by atoms with Gasteiger partial charge in [-0.1, -0.05) is 12.1 Å². The SMILES string of the molecule is Cc1ccc(C)c(NC(=O)Cn2cnnc2C#N)c1. The summed E-state index contributed by atoms with van der Waals surface area (Å²) in [5, 5.41) is 18.8. The lowest BCUT2D eigenvalue weighted by molar-refractivity contribution is -0.116. The molecule has 6 nitrogen and oxygen atoms in total. The van der Waals surface area contributed by atoms with Crippen molar-refractivity contribution in [3.05, 3.63) is 41.5 Å². The number of benzene rings is 1. The molecule has 0 saturated heterocycles. The first kappa shape index (κ1) is 12.8. The van der Waals surface area contributed by atoms with Gasteiger partial charge in [0.05, 0.1) is 0 Å². The van der Waals surface area contributed by atoms with E-state index < -0.39 is 0 Å². The first-order chi connectivity index (χ1) is 9.10. The summed E-state index contributed by atoms with van der Waals surface area (Å²) in [5.41, 5.74) is 2.84. The molecular weight excluding hydrogens is 242 g/mol. The van der Waals surface area contributed by atoms with Crippen molar-refractivity contribution in [1.82, 2.24) is 14.8 Å². The summed E-state index contributed by atoms with van der Waals surface area (Å²) >= 11 is 0. The second-order valence-corrected chi connectivity index (χ2v) is 4.26. The summed E-state index contributed by atoms with van der Waals surface area (Å²) in [7, 11) is 0. The van der Waals surface area contributed by atoms with Crippen LogP contribution in [0.3, 0.4) is 0 Å². The molecule has 2 aromatic rings. The van der Waals surface area contributed by atoms with Crippen LogP contribution in [0.15, 0.2) is 24.5 Å². The Morgan fingerprint density at radius 2 is 2.26 bits per heavy atom. The normalized spacial score (nSPS) is 9.95. The van der Waals surface area contributed by atoms with E-state index in [4.69, 9.17) is 5.26 Å². The minimum atomic E-state index is -0.218. The fraction of sp³-hybridized carbons (Fsp3) is 0.231. The molecule has 0 saturated carbocycles. The second kappa shape index (κ2) is 5.31. The number of carbonyl (C=O) groups excluding carboxylic acids is 1. The number of aromatic nitrogens is 3. The summed E-state index contributed by atoms with van der Waals surface area (Å²) in [6.07, 6.45) is 1.36. The molecule has 0 spiro atoms. The monoisotopic (exact) mass is 255 g/mol. The lowest BCUT2D eigenvalue weighted by atomic mass is 10.1. The van der Waals surface area contributed by atoms with Crippen molar-refractivity contribution in [2.45, 2.75) is 20.4 Å². The smallest absolute Gasteiger partial charge is 0.244 e. The number of hydrogen-bond donors (Lipinski definition) is 1. The van der Waals surface area contributed by atoms with E-state index >= 15 is 0 Å². The molecule has 1 N–H and O–H groups in total. The van der Waals surface area contributed by atoms with E-state index in [1.807, 2.05) is 38.1 Å². The van der Waals surface area contributed by atoms with Crippen LogP contribution in [0.25, 0.3) is 0 Å². The van der Waals surface area contributed by atoms with Gasteiger partial charge in [-0.3, -0.25) is 9.36 Å². The molecule has 0 bridgehead atoms. The summed E-state index contributed by atoms with van der Waals surface area (Å²) in [4.78, 5) is 11.9. The molecule has 0 aliphatic rings. The van der Waals surface area contributed by atoms with Crippen LogP contribution in [0.2, 0.25) is 0 Å². The lowest BCUT2D eigenvalue weighted by Gasteiger charge is -2.09. The molecule has 0 unspecified atom stereocenters. The average Bonchev–Trinajstić information content (AvgIpc) is 2.81. The van der Waals surface area contributed by atoms with Crippen LogP contribution in [0.5, 0.6) is 0 Å². The Morgan fingerprint density at radius 1 is 1.47 bits per heavy atom. The van der Waals surface area contributed by atoms with Crippen molar-refractivity contribution in [3.8, 4) is 6.07 Å². The third-order valence-electron chi connectivity index (χ3n) is 2.70. The zero-order valence-electron chi connectivity index (χ0n) is 10.7. The average molecular weight is 255 g/mol. The van der Waals surface area contributed by atoms with Crippen LogP contribution in [-0.2, 0) is 11.3 Å². The number of aryl methyl sites for hydroxylation is 2. The molecule has 0 aliphatic heterocycles. The fourth-order valence-corrected chi connectivity index (χ4v) is 1.67. The van der Waals surface area contributed by atoms with E-state index in [1.54, 1.807) is 0 Å². The van der Waals surface area contributed by atoms with E-state index in [0.717, 1.165) is 16.8 Å². The molecule has 1 aromatic carbocycles. The molecule has 0 radical (unpaired) electrons. The molecule has 96 valence electrons. The van der Waals surface area contributed by atoms with Gasteiger partial charge in [0.25, 0.3) is 0 Å². The number of rotatable bonds is 3. The Kier molecular flexibility index (Phi) is 3.57. The number of nitriles is 1. The fourth-order valence-electron chi connectivity index (χ4n) is 1.67. The summed E-state index contributed by atoms with van der Waals surface area (Å²) < 4.78 is 1.40. The topological polar surface area (TPSA) is 83.6 Å². The highest BCUT2D eigenvalue weighted by molar-refractivity contribution is 5.91. The Bertz CT molecular complexity index is 653. The first-order valence-electron chi connectivity index (χ1n) is 5.75. The number of nitrogens with one attached hydrogen (secondary N) is 1. The zero-order chi connectivity index (χ0) is 13.8. The molecule has 0 atom stereocenters. The molecular formula is C13H13N5O. The van der Waals surface area contributed by atoms with E-state index in [9.17, 15) is 4.79 Å². The molecule has 1 amide bonds. The third-order valence-corrected chi connectivity index (χ3v) is 2.70. The third kappa shape index (κ3) is 2.96. The van der Waals surface area contributed by atoms with Crippen molar-refractivity contribution < 1.29 is 4.79 Å². The molecule has 0 fully saturated rings. The minimum absolute atomic E-state index is 0.0171. The van der Waals surface area contributed by atoms with Gasteiger partial charge >= 0.3 is 0 Å². The Morgan fingerprint density at radius 3 is 3.00 bits per heavy atom. The lowest BCUT2D eigenvalue weighted by Crippen LogP contribution is -2.19. The molecule has 19 heavy (non-hydrogen) atoms. The van der Waals surface area contributed by atoms with Crippen LogP contribution < -0.4 is 5.32 Å². The summed E-state index contributed by atoms with van der Waals surface area (Å²) in [6.45, 7) is 3.90. The Balaban J connectivity index is 2.10. The number of hydrogen-bond acceptors (Lipinski definition) is 4. The largest absolute Gasteiger partial charge is 0.324 e. The second-order valence-electron chi connectivity index (χ2n) is 4.26. The van der Waals surface area contributed by atoms with Crippen LogP contribution in [0.4, 0.5) is 5.69 Å². The van der Waals surface area contributed by atoms with E-state index in [0.29, 0.717) is 0 Å². The van der Waals surface area contributed by atoms with Gasteiger partial charge in [-0.25, -0.2) is 0 Å². The predicted molar refractivity (Wildman–Crippen MR) is 69.3 cm³/mol. The van der Waals surface area contributed by atoms with Gasteiger partial charge in [-0.2, -0.15) is 5.26 Å². The highest BCUT2D eigenvalue weighted by Crippen LogP contribution is 2.16. The van der Waals surface area contributed by atoms with E-state index in [2.05, 4.69) is 15.5 Å². The number of carbonyl (C=O) groups is 1. The standard InChI is InChI=1S/C13H13N5O/c1-9-3-4-10(2)11(5-9)16-13(19)7-18-8-15-17-12(18)6-14/h3-5,8H,7H2,1-2H3,(H,16,19). The van der Waals surface area contributed by atoms with E-state index in [-0.39, 0.29) is 18.3 Å². The molecule has 0 aliphatic carbocycles.